The van der Waals surface area contributed by atoms with Crippen molar-refractivity contribution < 1.29 is 57.2 Å². The van der Waals surface area contributed by atoms with E-state index in [1.54, 1.807) is 23.7 Å². The number of halogens is 1. The first-order chi connectivity index (χ1) is 52.1. The molecule has 3 aromatic heterocycles. The number of urea groups is 2. The molecule has 15 aliphatic rings. The summed E-state index contributed by atoms with van der Waals surface area (Å²) in [5.41, 5.74) is 6.88. The number of fused-ring (bicyclic) bond motifs is 15. The van der Waals surface area contributed by atoms with Gasteiger partial charge in [-0.2, -0.15) is 0 Å². The van der Waals surface area contributed by atoms with Gasteiger partial charge in [-0.05, 0) is 307 Å². The summed E-state index contributed by atoms with van der Waals surface area (Å²) in [6, 6.07) is 11.3. The van der Waals surface area contributed by atoms with Crippen LogP contribution in [0.2, 0.25) is 0 Å². The Balaban J connectivity index is 0.000000130. The van der Waals surface area contributed by atoms with Crippen molar-refractivity contribution in [2.45, 2.75) is 275 Å². The zero-order chi connectivity index (χ0) is 76.7. The average molecular weight is 1550 g/mol. The predicted octanol–water partition coefficient (Wildman–Crippen LogP) is 14.1. The molecule has 0 radical (unpaired) electrons. The van der Waals surface area contributed by atoms with E-state index in [-0.39, 0.29) is 98.6 Å². The van der Waals surface area contributed by atoms with E-state index in [2.05, 4.69) is 52.2 Å². The Kier molecular flexibility index (Phi) is 23.6. The summed E-state index contributed by atoms with van der Waals surface area (Å²) in [4.78, 5) is 75.9. The first kappa shape index (κ1) is 81.4. The van der Waals surface area contributed by atoms with Crippen LogP contribution in [0.1, 0.15) is 257 Å². The lowest BCUT2D eigenvalue weighted by Crippen LogP contribution is -2.62. The fraction of sp³-hybridized carbons (Fsp3) is 0.795. The molecule has 0 unspecified atom stereocenters. The van der Waals surface area contributed by atoms with Gasteiger partial charge < -0.3 is 73.8 Å². The fourth-order valence-corrected chi connectivity index (χ4v) is 28.2. The van der Waals surface area contributed by atoms with Crippen molar-refractivity contribution in [3.8, 4) is 0 Å². The molecule has 18 rings (SSSR count). The van der Waals surface area contributed by atoms with Gasteiger partial charge in [0.1, 0.15) is 0 Å². The van der Waals surface area contributed by atoms with Gasteiger partial charge in [0.15, 0.2) is 0 Å². The molecule has 0 bridgehead atoms. The molecule has 22 heteroatoms. The number of nitrogens with one attached hydrogen (secondary N) is 2. The van der Waals surface area contributed by atoms with Crippen LogP contribution in [-0.2, 0) is 14.2 Å². The molecule has 3 saturated heterocycles. The zero-order valence-electron chi connectivity index (χ0n) is 66.0. The van der Waals surface area contributed by atoms with Gasteiger partial charge in [-0.3, -0.25) is 4.79 Å². The van der Waals surface area contributed by atoms with Crippen molar-refractivity contribution in [1.29, 1.82) is 0 Å². The highest BCUT2D eigenvalue weighted by atomic mass is 35.5. The SMILES string of the molecule is C.C[C@]12CC[C@@H](N)C[C@H]1CC[C@@H]1[C@@H]2CC[C@]2(C)[C@@H](c3ccc(=O)oc3)CC[C@]12O.C[C@]12CC[C@@H](NC(=O)N3CCOCC3)C[C@H]1CC[C@@H]1[C@@H]2CC[C@]2(C)[C@@H](c3ccc(=O)oc3)CC[C@]12O.C[C@]12CC[C@@H](NC(=O)N3CCOCC3)C[C@H]1CC[C@@H]1[C@@H]2CC[C@]2(C)[C@@H](c3ccc(=O)oc3)CC[C@]12O.O=C(Cl)N1CCOCC1. The molecule has 3 aromatic rings. The summed E-state index contributed by atoms with van der Waals surface area (Å²) in [7, 11) is 0. The smallest absolute Gasteiger partial charge is 0.335 e. The van der Waals surface area contributed by atoms with Gasteiger partial charge in [-0.1, -0.05) is 49.0 Å². The summed E-state index contributed by atoms with van der Waals surface area (Å²) >= 11 is 5.19. The predicted molar refractivity (Wildman–Crippen MR) is 420 cm³/mol. The van der Waals surface area contributed by atoms with E-state index in [4.69, 9.17) is 44.8 Å². The van der Waals surface area contributed by atoms with Crippen LogP contribution in [0.25, 0.3) is 0 Å². The standard InChI is InChI=1S/2C29H42N2O5.C24H35NO3.C5H8ClNO2.CH4/c2*1-27-10-7-21(30-26(33)31-13-15-35-16-14-31)17-20(27)4-5-24-23(27)8-11-28(2)22(9-12-29(24,28)34)19-3-6-25(32)36-18-19;1-22-10-7-17(25)13-16(22)4-5-20-19(22)8-11-23(2)18(9-12-24(20,23)27)15-3-6-21(26)28-14-15;6-5(8)7-1-3-9-4-2-7;/h2*3,6,18,20-24,34H,4-5,7-17H2,1-2H3,(H,30,33);3,6,14,16-20,27H,4-5,7-13,25H2,1-2H3;1-4H2;1H4/t2*20-,21-,22-,23+,24-,27+,28-,29+;16-,17-,18-,19+,20-,22+,23-,24+;;/m111../s1. The van der Waals surface area contributed by atoms with Crippen molar-refractivity contribution in [1.82, 2.24) is 25.3 Å². The quantitative estimate of drug-likeness (QED) is 0.102. The van der Waals surface area contributed by atoms with Crippen LogP contribution in [0.5, 0.6) is 0 Å². The van der Waals surface area contributed by atoms with Gasteiger partial charge in [0.2, 0.25) is 0 Å². The van der Waals surface area contributed by atoms with Crippen LogP contribution in [-0.4, -0.2) is 161 Å². The highest BCUT2D eigenvalue weighted by Gasteiger charge is 2.71. The molecule has 12 aliphatic carbocycles. The van der Waals surface area contributed by atoms with E-state index in [1.165, 1.54) is 43.9 Å². The highest BCUT2D eigenvalue weighted by molar-refractivity contribution is 6.62. The van der Waals surface area contributed by atoms with Gasteiger partial charge in [0, 0.05) is 91.8 Å². The summed E-state index contributed by atoms with van der Waals surface area (Å²) in [6.45, 7) is 22.1. The third-order valence-electron chi connectivity index (χ3n) is 34.5. The summed E-state index contributed by atoms with van der Waals surface area (Å²) in [5, 5.41) is 43.3. The zero-order valence-corrected chi connectivity index (χ0v) is 66.7. The number of hydrogen-bond donors (Lipinski definition) is 6. The Morgan fingerprint density at radius 2 is 0.709 bits per heavy atom. The second kappa shape index (κ2) is 31.8. The normalized spacial score (nSPS) is 43.5. The Labute approximate surface area is 656 Å². The van der Waals surface area contributed by atoms with E-state index >= 15 is 0 Å². The summed E-state index contributed by atoms with van der Waals surface area (Å²) < 4.78 is 31.4. The first-order valence-corrected chi connectivity index (χ1v) is 42.9. The second-order valence-corrected chi connectivity index (χ2v) is 38.8. The molecule has 12 saturated carbocycles. The molecule has 15 fully saturated rings. The molecular weight excluding hydrogens is 1420 g/mol. The number of carbonyl (C=O) groups excluding carboxylic acids is 3. The van der Waals surface area contributed by atoms with Crippen molar-refractivity contribution >= 4 is 29.0 Å². The lowest BCUT2D eigenvalue weighted by molar-refractivity contribution is -0.202. The largest absolute Gasteiger partial charge is 0.431 e. The molecular formula is C88H131ClN6O15. The van der Waals surface area contributed by atoms with Crippen LogP contribution < -0.4 is 33.2 Å². The summed E-state index contributed by atoms with van der Waals surface area (Å²) in [5.74, 6) is 5.33. The molecule has 610 valence electrons. The maximum Gasteiger partial charge on any atom is 0.335 e. The lowest BCUT2D eigenvalue weighted by Gasteiger charge is -2.63. The molecule has 0 spiro atoms. The number of amides is 5. The maximum atomic E-state index is 12.8. The van der Waals surface area contributed by atoms with Gasteiger partial charge in [-0.15, -0.1) is 0 Å². The van der Waals surface area contributed by atoms with Crippen molar-refractivity contribution in [2.75, 3.05) is 78.9 Å². The van der Waals surface area contributed by atoms with Crippen LogP contribution in [0.4, 0.5) is 14.4 Å². The van der Waals surface area contributed by atoms with Gasteiger partial charge in [0.05, 0.1) is 75.2 Å². The number of nitrogens with two attached hydrogens (primary N) is 1. The third kappa shape index (κ3) is 14.3. The molecule has 24 atom stereocenters. The molecule has 21 nitrogen and oxygen atoms in total. The first-order valence-electron chi connectivity index (χ1n) is 42.5. The minimum Gasteiger partial charge on any atom is -0.431 e. The fourth-order valence-electron chi connectivity index (χ4n) is 28.1. The molecule has 7 N–H and O–H groups in total. The average Bonchev–Trinajstić information content (AvgIpc) is 1.47. The number of nitrogens with zero attached hydrogens (tertiary/aromatic N) is 3. The lowest BCUT2D eigenvalue weighted by atomic mass is 9.43. The molecule has 5 amide bonds. The van der Waals surface area contributed by atoms with Crippen molar-refractivity contribution in [3.05, 3.63) is 103 Å². The monoisotopic (exact) mass is 1550 g/mol. The van der Waals surface area contributed by atoms with Crippen molar-refractivity contribution in [3.63, 3.8) is 0 Å². The number of carbonyl (C=O) groups is 3. The molecule has 0 aromatic carbocycles. The van der Waals surface area contributed by atoms with E-state index < -0.39 is 16.8 Å². The minimum absolute atomic E-state index is 0. The van der Waals surface area contributed by atoms with Gasteiger partial charge in [-0.25, -0.2) is 24.0 Å². The van der Waals surface area contributed by atoms with E-state index in [9.17, 15) is 44.1 Å². The minimum atomic E-state index is -0.675. The number of ether oxygens (including phenoxy) is 3. The Hall–Kier alpha value is -5.13. The number of hydrogen-bond acceptors (Lipinski definition) is 16. The van der Waals surface area contributed by atoms with E-state index in [1.807, 2.05) is 28.0 Å². The molecule has 3 aliphatic heterocycles. The third-order valence-corrected chi connectivity index (χ3v) is 34.7. The Morgan fingerprint density at radius 3 is 1.01 bits per heavy atom. The van der Waals surface area contributed by atoms with Crippen molar-refractivity contribution in [2.24, 2.45) is 91.5 Å². The number of morpholine rings is 3. The summed E-state index contributed by atoms with van der Waals surface area (Å²) in [6.07, 6.45) is 33.5. The highest BCUT2D eigenvalue weighted by Crippen LogP contribution is 2.74. The van der Waals surface area contributed by atoms with Crippen LogP contribution in [0.15, 0.2) is 82.8 Å². The Morgan fingerprint density at radius 1 is 0.400 bits per heavy atom. The number of aliphatic hydroxyl groups is 3. The second-order valence-electron chi connectivity index (χ2n) is 38.5. The molecule has 6 heterocycles. The topological polar surface area (TPSA) is 290 Å². The van der Waals surface area contributed by atoms with E-state index in [0.717, 1.165) is 170 Å². The molecule has 110 heavy (non-hydrogen) atoms. The van der Waals surface area contributed by atoms with Crippen LogP contribution in [0.3, 0.4) is 0 Å². The van der Waals surface area contributed by atoms with Crippen LogP contribution >= 0.6 is 11.6 Å². The Bertz CT molecular complexity index is 3710. The van der Waals surface area contributed by atoms with Gasteiger partial charge in [0.25, 0.3) is 0 Å². The van der Waals surface area contributed by atoms with E-state index in [0.29, 0.717) is 138 Å². The van der Waals surface area contributed by atoms with Crippen LogP contribution in [0, 0.1) is 85.8 Å². The maximum absolute atomic E-state index is 12.8. The number of rotatable bonds is 5. The van der Waals surface area contributed by atoms with Gasteiger partial charge >= 0.3 is 34.3 Å².